The first-order chi connectivity index (χ1) is 14.9. The number of hydrogen-bond donors (Lipinski definition) is 1. The molecule has 4 aromatic rings. The van der Waals surface area contributed by atoms with E-state index in [0.717, 1.165) is 40.1 Å². The lowest BCUT2D eigenvalue weighted by molar-refractivity contribution is 0.0940. The first kappa shape index (κ1) is 20.7. The number of rotatable bonds is 6. The van der Waals surface area contributed by atoms with Crippen molar-refractivity contribution in [2.75, 3.05) is 7.11 Å². The molecule has 0 spiro atoms. The van der Waals surface area contributed by atoms with Gasteiger partial charge in [0.25, 0.3) is 5.91 Å². The molecular weight excluding hydrogens is 388 g/mol. The second-order valence-corrected chi connectivity index (χ2v) is 8.11. The Labute approximate surface area is 182 Å². The lowest BCUT2D eigenvalue weighted by atomic mass is 10.1. The van der Waals surface area contributed by atoms with Crippen LogP contribution in [-0.2, 0) is 13.5 Å². The second-order valence-electron chi connectivity index (χ2n) is 8.11. The van der Waals surface area contributed by atoms with Gasteiger partial charge in [0.05, 0.1) is 18.5 Å². The number of aryl methyl sites for hydroxylation is 3. The first-order valence-electron chi connectivity index (χ1n) is 10.4. The number of ether oxygens (including phenoxy) is 1. The molecule has 31 heavy (non-hydrogen) atoms. The summed E-state index contributed by atoms with van der Waals surface area (Å²) in [7, 11) is 3.71. The Bertz CT molecular complexity index is 1230. The zero-order chi connectivity index (χ0) is 22.1. The van der Waals surface area contributed by atoms with Crippen molar-refractivity contribution in [2.24, 2.45) is 7.05 Å². The monoisotopic (exact) mass is 416 g/mol. The predicted octanol–water partition coefficient (Wildman–Crippen LogP) is 4.35. The highest BCUT2D eigenvalue weighted by Gasteiger charge is 2.15. The largest absolute Gasteiger partial charge is 0.497 e. The number of fused-ring (bicyclic) bond motifs is 1. The van der Waals surface area contributed by atoms with Gasteiger partial charge in [0.2, 0.25) is 0 Å². The zero-order valence-corrected chi connectivity index (χ0v) is 18.6. The summed E-state index contributed by atoms with van der Waals surface area (Å²) in [5, 5.41) is 8.76. The molecule has 0 aliphatic carbocycles. The quantitative estimate of drug-likeness (QED) is 0.508. The highest BCUT2D eigenvalue weighted by molar-refractivity contribution is 5.94. The van der Waals surface area contributed by atoms with Crippen LogP contribution in [0.1, 0.15) is 34.2 Å². The lowest BCUT2D eigenvalue weighted by Gasteiger charge is -2.14. The molecule has 1 atom stereocenters. The Balaban J connectivity index is 1.46. The van der Waals surface area contributed by atoms with Crippen molar-refractivity contribution in [3.05, 3.63) is 77.2 Å². The summed E-state index contributed by atoms with van der Waals surface area (Å²) in [5.41, 5.74) is 5.95. The summed E-state index contributed by atoms with van der Waals surface area (Å²) in [6, 6.07) is 15.6. The number of benzene rings is 2. The van der Waals surface area contributed by atoms with Gasteiger partial charge in [0.15, 0.2) is 0 Å². The number of carbonyl (C=O) groups excluding carboxylic acids is 1. The lowest BCUT2D eigenvalue weighted by Crippen LogP contribution is -2.34. The molecule has 0 saturated heterocycles. The number of aromatic nitrogens is 3. The van der Waals surface area contributed by atoms with Crippen LogP contribution in [0.4, 0.5) is 0 Å². The van der Waals surface area contributed by atoms with Gasteiger partial charge in [-0.05, 0) is 81.3 Å². The molecule has 0 radical (unpaired) electrons. The zero-order valence-electron chi connectivity index (χ0n) is 18.6. The molecule has 1 N–H and O–H groups in total. The maximum absolute atomic E-state index is 12.8. The van der Waals surface area contributed by atoms with Crippen molar-refractivity contribution in [1.29, 1.82) is 0 Å². The third-order valence-corrected chi connectivity index (χ3v) is 5.57. The highest BCUT2D eigenvalue weighted by atomic mass is 16.5. The van der Waals surface area contributed by atoms with Gasteiger partial charge >= 0.3 is 0 Å². The summed E-state index contributed by atoms with van der Waals surface area (Å²) < 4.78 is 9.37. The molecule has 0 fully saturated rings. The number of methoxy groups -OCH3 is 1. The van der Waals surface area contributed by atoms with Crippen LogP contribution in [0.25, 0.3) is 16.6 Å². The van der Waals surface area contributed by atoms with Crippen LogP contribution in [-0.4, -0.2) is 33.4 Å². The fraction of sp³-hybridized carbons (Fsp3) is 0.280. The van der Waals surface area contributed by atoms with E-state index in [2.05, 4.69) is 33.3 Å². The van der Waals surface area contributed by atoms with E-state index in [1.807, 2.05) is 68.9 Å². The minimum absolute atomic E-state index is 0.0139. The van der Waals surface area contributed by atoms with Gasteiger partial charge in [-0.2, -0.15) is 5.10 Å². The average molecular weight is 417 g/mol. The van der Waals surface area contributed by atoms with Crippen molar-refractivity contribution in [3.8, 4) is 11.4 Å². The van der Waals surface area contributed by atoms with Crippen molar-refractivity contribution >= 4 is 16.8 Å². The summed E-state index contributed by atoms with van der Waals surface area (Å²) in [6.45, 7) is 6.02. The SMILES string of the molecule is COc1ccc2c(c1)c(C[C@H](C)NC(=O)c1ccc(-n3nc(C)cc3C)cc1)cn2C. The molecule has 2 heterocycles. The van der Waals surface area contributed by atoms with Gasteiger partial charge in [-0.3, -0.25) is 4.79 Å². The van der Waals surface area contributed by atoms with E-state index in [4.69, 9.17) is 4.74 Å². The minimum Gasteiger partial charge on any atom is -0.497 e. The summed E-state index contributed by atoms with van der Waals surface area (Å²) >= 11 is 0. The van der Waals surface area contributed by atoms with Crippen LogP contribution < -0.4 is 10.1 Å². The van der Waals surface area contributed by atoms with Crippen molar-refractivity contribution in [1.82, 2.24) is 19.7 Å². The molecule has 160 valence electrons. The molecule has 2 aromatic heterocycles. The maximum atomic E-state index is 12.8. The summed E-state index contributed by atoms with van der Waals surface area (Å²) in [6.07, 6.45) is 2.86. The second kappa shape index (κ2) is 8.30. The van der Waals surface area contributed by atoms with E-state index < -0.39 is 0 Å². The third kappa shape index (κ3) is 4.19. The smallest absolute Gasteiger partial charge is 0.251 e. The molecule has 0 aliphatic heterocycles. The van der Waals surface area contributed by atoms with Crippen LogP contribution in [0.3, 0.4) is 0 Å². The van der Waals surface area contributed by atoms with Gasteiger partial charge in [-0.15, -0.1) is 0 Å². The molecule has 0 saturated carbocycles. The normalized spacial score (nSPS) is 12.2. The van der Waals surface area contributed by atoms with Gasteiger partial charge in [0.1, 0.15) is 5.75 Å². The average Bonchev–Trinajstić information content (AvgIpc) is 3.25. The standard InChI is InChI=1S/C25H28N4O2/c1-16(13-20-15-28(4)24-11-10-22(31-5)14-23(20)24)26-25(30)19-6-8-21(9-7-19)29-18(3)12-17(2)27-29/h6-12,14-16H,13H2,1-5H3,(H,26,30)/t16-/m0/s1. The first-order valence-corrected chi connectivity index (χ1v) is 10.4. The number of hydrogen-bond acceptors (Lipinski definition) is 3. The van der Waals surface area contributed by atoms with Crippen LogP contribution in [0.15, 0.2) is 54.7 Å². The molecule has 0 aliphatic rings. The van der Waals surface area contributed by atoms with Crippen LogP contribution in [0.5, 0.6) is 5.75 Å². The van der Waals surface area contributed by atoms with Crippen LogP contribution >= 0.6 is 0 Å². The number of nitrogens with one attached hydrogen (secondary N) is 1. The van der Waals surface area contributed by atoms with Crippen molar-refractivity contribution in [2.45, 2.75) is 33.2 Å². The fourth-order valence-electron chi connectivity index (χ4n) is 4.07. The molecule has 0 bridgehead atoms. The van der Waals surface area contributed by atoms with Crippen molar-refractivity contribution < 1.29 is 9.53 Å². The topological polar surface area (TPSA) is 61.1 Å². The third-order valence-electron chi connectivity index (χ3n) is 5.57. The minimum atomic E-state index is -0.0785. The fourth-order valence-corrected chi connectivity index (χ4v) is 4.07. The summed E-state index contributed by atoms with van der Waals surface area (Å²) in [5.74, 6) is 0.754. The van der Waals surface area contributed by atoms with E-state index >= 15 is 0 Å². The van der Waals surface area contributed by atoms with Crippen molar-refractivity contribution in [3.63, 3.8) is 0 Å². The Kier molecular flexibility index (Phi) is 5.55. The Morgan fingerprint density at radius 1 is 1.13 bits per heavy atom. The number of amides is 1. The van der Waals surface area contributed by atoms with E-state index in [1.165, 1.54) is 5.56 Å². The summed E-state index contributed by atoms with van der Waals surface area (Å²) in [4.78, 5) is 12.8. The highest BCUT2D eigenvalue weighted by Crippen LogP contribution is 2.26. The Morgan fingerprint density at radius 3 is 2.52 bits per heavy atom. The van der Waals surface area contributed by atoms with E-state index in [9.17, 15) is 4.79 Å². The van der Waals surface area contributed by atoms with Gasteiger partial charge in [-0.25, -0.2) is 4.68 Å². The molecule has 6 heteroatoms. The maximum Gasteiger partial charge on any atom is 0.251 e. The molecular formula is C25H28N4O2. The van der Waals surface area contributed by atoms with Gasteiger partial charge < -0.3 is 14.6 Å². The molecule has 6 nitrogen and oxygen atoms in total. The molecule has 4 rings (SSSR count). The number of nitrogens with zero attached hydrogens (tertiary/aromatic N) is 3. The van der Waals surface area contributed by atoms with E-state index in [1.54, 1.807) is 7.11 Å². The Hall–Kier alpha value is -3.54. The molecule has 0 unspecified atom stereocenters. The predicted molar refractivity (Wildman–Crippen MR) is 123 cm³/mol. The van der Waals surface area contributed by atoms with Gasteiger partial charge in [0, 0.05) is 41.4 Å². The number of carbonyl (C=O) groups is 1. The van der Waals surface area contributed by atoms with Gasteiger partial charge in [-0.1, -0.05) is 0 Å². The van der Waals surface area contributed by atoms with Crippen LogP contribution in [0, 0.1) is 13.8 Å². The molecule has 2 aromatic carbocycles. The van der Waals surface area contributed by atoms with Crippen LogP contribution in [0.2, 0.25) is 0 Å². The van der Waals surface area contributed by atoms with E-state index in [0.29, 0.717) is 5.56 Å². The Morgan fingerprint density at radius 2 is 1.87 bits per heavy atom. The molecule has 1 amide bonds. The van der Waals surface area contributed by atoms with E-state index in [-0.39, 0.29) is 11.9 Å².